The molecule has 1 spiro atoms. The Morgan fingerprint density at radius 2 is 1.69 bits per heavy atom. The van der Waals surface area contributed by atoms with E-state index in [-0.39, 0.29) is 5.41 Å². The van der Waals surface area contributed by atoms with E-state index in [1.807, 2.05) is 13.0 Å². The van der Waals surface area contributed by atoms with Crippen molar-refractivity contribution in [2.45, 2.75) is 51.1 Å². The Labute approximate surface area is 96.0 Å². The quantitative estimate of drug-likeness (QED) is 0.466. The van der Waals surface area contributed by atoms with Crippen molar-refractivity contribution in [1.82, 2.24) is 0 Å². The van der Waals surface area contributed by atoms with Gasteiger partial charge in [-0.25, -0.2) is 4.89 Å². The third-order valence-electron chi connectivity index (χ3n) is 4.18. The van der Waals surface area contributed by atoms with E-state index in [2.05, 4.69) is 39.0 Å². The van der Waals surface area contributed by atoms with E-state index in [9.17, 15) is 0 Å². The zero-order chi connectivity index (χ0) is 11.7. The molecule has 2 bridgehead atoms. The number of hydrogen-bond acceptors (Lipinski definition) is 3. The van der Waals surface area contributed by atoms with Crippen molar-refractivity contribution in [2.24, 2.45) is 5.41 Å². The summed E-state index contributed by atoms with van der Waals surface area (Å²) in [7, 11) is 0. The molecule has 4 aliphatic rings. The van der Waals surface area contributed by atoms with Gasteiger partial charge in [-0.1, -0.05) is 26.0 Å². The van der Waals surface area contributed by atoms with Crippen LogP contribution in [-0.4, -0.2) is 17.0 Å². The van der Waals surface area contributed by atoms with E-state index < -0.39 is 17.0 Å². The Bertz CT molecular complexity index is 398. The van der Waals surface area contributed by atoms with Crippen LogP contribution in [0.3, 0.4) is 0 Å². The third-order valence-corrected chi connectivity index (χ3v) is 4.18. The first kappa shape index (κ1) is 10.5. The Morgan fingerprint density at radius 3 is 2.31 bits per heavy atom. The van der Waals surface area contributed by atoms with E-state index in [4.69, 9.17) is 14.5 Å². The van der Waals surface area contributed by atoms with Gasteiger partial charge in [0, 0.05) is 5.41 Å². The molecule has 1 saturated heterocycles. The summed E-state index contributed by atoms with van der Waals surface area (Å²) in [5.74, 6) is -0.756. The van der Waals surface area contributed by atoms with Crippen molar-refractivity contribution in [1.29, 1.82) is 0 Å². The van der Waals surface area contributed by atoms with E-state index in [0.29, 0.717) is 0 Å². The first-order chi connectivity index (χ1) is 7.33. The smallest absolute Gasteiger partial charge is 0.218 e. The largest absolute Gasteiger partial charge is 0.330 e. The molecule has 88 valence electrons. The lowest BCUT2D eigenvalue weighted by molar-refractivity contribution is -0.537. The molecule has 0 N–H and O–H groups in total. The lowest BCUT2D eigenvalue weighted by Gasteiger charge is -2.62. The molecule has 0 saturated carbocycles. The molecule has 3 nitrogen and oxygen atoms in total. The standard InChI is InChI=1S/C13H18O3/c1-10(2)6-5-7-11(3)13(10)9-8-12(4,14-11)15-16-13/h5,7-9H,6H2,1-4H3/t11-,12+,13+/m0/s1. The molecule has 0 radical (unpaired) electrons. The summed E-state index contributed by atoms with van der Waals surface area (Å²) >= 11 is 0. The van der Waals surface area contributed by atoms with Gasteiger partial charge in [0.25, 0.3) is 0 Å². The van der Waals surface area contributed by atoms with Gasteiger partial charge in [-0.3, -0.25) is 0 Å². The summed E-state index contributed by atoms with van der Waals surface area (Å²) < 4.78 is 6.07. The highest BCUT2D eigenvalue weighted by Crippen LogP contribution is 2.58. The van der Waals surface area contributed by atoms with Crippen molar-refractivity contribution in [3.05, 3.63) is 24.3 Å². The van der Waals surface area contributed by atoms with Crippen LogP contribution in [0.4, 0.5) is 0 Å². The van der Waals surface area contributed by atoms with Crippen LogP contribution >= 0.6 is 0 Å². The second kappa shape index (κ2) is 2.61. The SMILES string of the molecule is CC1(C)CC=C[C@]2(C)O[C@@]3(C)C=C[C@@]12OO3. The summed E-state index contributed by atoms with van der Waals surface area (Å²) in [4.78, 5) is 11.1. The van der Waals surface area contributed by atoms with Crippen LogP contribution in [0, 0.1) is 5.41 Å². The second-order valence-corrected chi connectivity index (χ2v) is 5.95. The molecule has 3 atom stereocenters. The summed E-state index contributed by atoms with van der Waals surface area (Å²) in [5, 5.41) is 0. The molecule has 0 aromatic rings. The topological polar surface area (TPSA) is 27.7 Å². The highest BCUT2D eigenvalue weighted by Gasteiger charge is 2.67. The van der Waals surface area contributed by atoms with Crippen LogP contribution in [0.1, 0.15) is 34.1 Å². The molecule has 3 heterocycles. The van der Waals surface area contributed by atoms with Crippen molar-refractivity contribution in [2.75, 3.05) is 0 Å². The number of hydrogen-bond donors (Lipinski definition) is 0. The second-order valence-electron chi connectivity index (χ2n) is 5.95. The van der Waals surface area contributed by atoms with Gasteiger partial charge in [0.2, 0.25) is 5.79 Å². The molecule has 0 aromatic carbocycles. The van der Waals surface area contributed by atoms with Gasteiger partial charge in [-0.15, -0.1) is 0 Å². The molecule has 3 heteroatoms. The predicted octanol–water partition coefficient (Wildman–Crippen LogP) is 2.73. The Kier molecular flexibility index (Phi) is 1.71. The first-order valence-corrected chi connectivity index (χ1v) is 5.78. The normalized spacial score (nSPS) is 52.8. The van der Waals surface area contributed by atoms with Gasteiger partial charge in [0.05, 0.1) is 0 Å². The average molecular weight is 222 g/mol. The van der Waals surface area contributed by atoms with Gasteiger partial charge in [-0.2, -0.15) is 4.89 Å². The van der Waals surface area contributed by atoms with E-state index >= 15 is 0 Å². The molecule has 1 aliphatic carbocycles. The van der Waals surface area contributed by atoms with E-state index in [1.165, 1.54) is 0 Å². The van der Waals surface area contributed by atoms with Crippen molar-refractivity contribution in [3.63, 3.8) is 0 Å². The Morgan fingerprint density at radius 1 is 0.938 bits per heavy atom. The highest BCUT2D eigenvalue weighted by atomic mass is 17.3. The molecule has 0 amide bonds. The molecule has 3 aliphatic heterocycles. The van der Waals surface area contributed by atoms with Gasteiger partial charge in [0.15, 0.2) is 5.60 Å². The van der Waals surface area contributed by atoms with Gasteiger partial charge < -0.3 is 4.74 Å². The van der Waals surface area contributed by atoms with Gasteiger partial charge >= 0.3 is 0 Å². The molecular weight excluding hydrogens is 204 g/mol. The fourth-order valence-corrected chi connectivity index (χ4v) is 3.17. The Balaban J connectivity index is 2.21. The summed E-state index contributed by atoms with van der Waals surface area (Å²) in [6.45, 7) is 8.29. The van der Waals surface area contributed by atoms with Crippen LogP contribution in [-0.2, 0) is 14.5 Å². The summed E-state index contributed by atoms with van der Waals surface area (Å²) in [6, 6.07) is 0. The van der Waals surface area contributed by atoms with E-state index in [0.717, 1.165) is 6.42 Å². The number of ether oxygens (including phenoxy) is 1. The minimum absolute atomic E-state index is 0.0469. The number of allylic oxidation sites excluding steroid dienone is 1. The number of rotatable bonds is 0. The van der Waals surface area contributed by atoms with Crippen molar-refractivity contribution >= 4 is 0 Å². The predicted molar refractivity (Wildman–Crippen MR) is 59.5 cm³/mol. The van der Waals surface area contributed by atoms with Gasteiger partial charge in [0.1, 0.15) is 5.60 Å². The maximum atomic E-state index is 6.07. The molecule has 4 rings (SSSR count). The maximum Gasteiger partial charge on any atom is 0.218 e. The van der Waals surface area contributed by atoms with Crippen LogP contribution in [0.15, 0.2) is 24.3 Å². The molecule has 0 unspecified atom stereocenters. The summed E-state index contributed by atoms with van der Waals surface area (Å²) in [6.07, 6.45) is 9.30. The molecule has 1 fully saturated rings. The zero-order valence-corrected chi connectivity index (χ0v) is 10.2. The fraction of sp³-hybridized carbons (Fsp3) is 0.692. The van der Waals surface area contributed by atoms with Crippen LogP contribution in [0.25, 0.3) is 0 Å². The minimum Gasteiger partial charge on any atom is -0.330 e. The zero-order valence-electron chi connectivity index (χ0n) is 10.2. The van der Waals surface area contributed by atoms with Crippen molar-refractivity contribution < 1.29 is 14.5 Å². The molecule has 0 aromatic heterocycles. The highest BCUT2D eigenvalue weighted by molar-refractivity contribution is 5.33. The monoisotopic (exact) mass is 222 g/mol. The van der Waals surface area contributed by atoms with Crippen LogP contribution in [0.5, 0.6) is 0 Å². The Hall–Kier alpha value is -0.640. The van der Waals surface area contributed by atoms with Gasteiger partial charge in [-0.05, 0) is 32.4 Å². The lowest BCUT2D eigenvalue weighted by atomic mass is 9.60. The molecule has 16 heavy (non-hydrogen) atoms. The van der Waals surface area contributed by atoms with E-state index in [1.54, 1.807) is 0 Å². The maximum absolute atomic E-state index is 6.07. The first-order valence-electron chi connectivity index (χ1n) is 5.78. The van der Waals surface area contributed by atoms with Crippen molar-refractivity contribution in [3.8, 4) is 0 Å². The minimum atomic E-state index is -0.756. The fourth-order valence-electron chi connectivity index (χ4n) is 3.17. The van der Waals surface area contributed by atoms with Crippen LogP contribution < -0.4 is 0 Å². The third kappa shape index (κ3) is 0.992. The summed E-state index contributed by atoms with van der Waals surface area (Å²) in [5.41, 5.74) is -1.02. The van der Waals surface area contributed by atoms with Crippen LogP contribution in [0.2, 0.25) is 0 Å². The molecular formula is C13H18O3. The average Bonchev–Trinajstić information content (AvgIpc) is 2.15. The number of fused-ring (bicyclic) bond motifs is 1. The lowest BCUT2D eigenvalue weighted by Crippen LogP contribution is -2.71.